The summed E-state index contributed by atoms with van der Waals surface area (Å²) in [7, 11) is 0. The van der Waals surface area contributed by atoms with Crippen molar-refractivity contribution in [1.82, 2.24) is 30.0 Å². The summed E-state index contributed by atoms with van der Waals surface area (Å²) in [6, 6.07) is -1.40. The van der Waals surface area contributed by atoms with E-state index in [2.05, 4.69) is 20.6 Å². The zero-order valence-electron chi connectivity index (χ0n) is 8.64. The smallest absolute Gasteiger partial charge is 0.358 e. The number of halogens is 3. The second-order valence-electron chi connectivity index (χ2n) is 3.06. The minimum Gasteiger partial charge on any atom is -0.358 e. The van der Waals surface area contributed by atoms with Crippen LogP contribution in [-0.4, -0.2) is 40.9 Å². The predicted molar refractivity (Wildman–Crippen MR) is 47.9 cm³/mol. The monoisotopic (exact) mass is 277 g/mol. The van der Waals surface area contributed by atoms with E-state index in [0.717, 1.165) is 12.4 Å². The van der Waals surface area contributed by atoms with Crippen LogP contribution in [0.2, 0.25) is 0 Å². The molecule has 0 amide bonds. The third kappa shape index (κ3) is 2.12. The van der Waals surface area contributed by atoms with E-state index in [1.165, 1.54) is 0 Å². The molecule has 0 spiro atoms. The Labute approximate surface area is 100 Å². The van der Waals surface area contributed by atoms with Crippen molar-refractivity contribution in [2.45, 2.75) is 6.18 Å². The van der Waals surface area contributed by atoms with Crippen LogP contribution < -0.4 is 0 Å². The lowest BCUT2D eigenvalue weighted by Crippen LogP contribution is -2.27. The van der Waals surface area contributed by atoms with Crippen molar-refractivity contribution in [2.24, 2.45) is 0 Å². The maximum absolute atomic E-state index is 12.7. The summed E-state index contributed by atoms with van der Waals surface area (Å²) in [5, 5.41) is 22.4. The van der Waals surface area contributed by atoms with Gasteiger partial charge >= 0.3 is 18.0 Å². The number of nitro groups is 1. The third-order valence-electron chi connectivity index (χ3n) is 1.89. The highest BCUT2D eigenvalue weighted by Crippen LogP contribution is 2.34. The maximum Gasteiger partial charge on any atom is 0.442 e. The summed E-state index contributed by atoms with van der Waals surface area (Å²) in [5.74, 6) is -1.57. The SMILES string of the molecule is O=C(n1ccnn1)n1nnc([N+](=O)[O-])c1C(F)(F)F. The molecule has 0 saturated carbocycles. The molecule has 0 bridgehead atoms. The zero-order chi connectivity index (χ0) is 14.2. The van der Waals surface area contributed by atoms with E-state index in [1.54, 1.807) is 0 Å². The van der Waals surface area contributed by atoms with E-state index in [4.69, 9.17) is 0 Å². The Kier molecular flexibility index (Phi) is 2.72. The van der Waals surface area contributed by atoms with Crippen LogP contribution in [0.1, 0.15) is 5.69 Å². The fourth-order valence-electron chi connectivity index (χ4n) is 1.18. The molecule has 10 nitrogen and oxygen atoms in total. The van der Waals surface area contributed by atoms with Gasteiger partial charge in [-0.2, -0.15) is 17.9 Å². The standard InChI is InChI=1S/C6H2F3N7O3/c7-6(8,9)3-4(16(18)19)11-13-15(3)5(17)14-2-1-10-12-14/h1-2H. The molecule has 0 aromatic carbocycles. The van der Waals surface area contributed by atoms with Crippen LogP contribution in [0.4, 0.5) is 23.8 Å². The number of rotatable bonds is 1. The van der Waals surface area contributed by atoms with Gasteiger partial charge in [0.1, 0.15) is 5.10 Å². The number of alkyl halides is 3. The topological polar surface area (TPSA) is 122 Å². The highest BCUT2D eigenvalue weighted by Gasteiger charge is 2.47. The van der Waals surface area contributed by atoms with Crippen molar-refractivity contribution in [3.63, 3.8) is 0 Å². The third-order valence-corrected chi connectivity index (χ3v) is 1.89. The second-order valence-corrected chi connectivity index (χ2v) is 3.06. The van der Waals surface area contributed by atoms with Crippen molar-refractivity contribution in [3.05, 3.63) is 28.2 Å². The molecule has 2 rings (SSSR count). The van der Waals surface area contributed by atoms with Crippen LogP contribution in [0.3, 0.4) is 0 Å². The number of hydrogen-bond acceptors (Lipinski definition) is 7. The van der Waals surface area contributed by atoms with E-state index in [9.17, 15) is 28.1 Å². The molecule has 13 heteroatoms. The van der Waals surface area contributed by atoms with E-state index >= 15 is 0 Å². The van der Waals surface area contributed by atoms with Crippen LogP contribution in [0.15, 0.2) is 12.4 Å². The summed E-state index contributed by atoms with van der Waals surface area (Å²) in [6.07, 6.45) is -3.19. The van der Waals surface area contributed by atoms with Crippen molar-refractivity contribution in [1.29, 1.82) is 0 Å². The lowest BCUT2D eigenvalue weighted by atomic mass is 10.4. The van der Waals surface area contributed by atoms with Gasteiger partial charge in [-0.25, -0.2) is 4.79 Å². The van der Waals surface area contributed by atoms with E-state index in [-0.39, 0.29) is 4.68 Å². The van der Waals surface area contributed by atoms with Crippen molar-refractivity contribution in [2.75, 3.05) is 0 Å². The van der Waals surface area contributed by atoms with E-state index in [1.807, 2.05) is 0 Å². The van der Waals surface area contributed by atoms with Crippen LogP contribution >= 0.6 is 0 Å². The number of hydrogen-bond donors (Lipinski definition) is 0. The molecule has 0 N–H and O–H groups in total. The fourth-order valence-corrected chi connectivity index (χ4v) is 1.18. The van der Waals surface area contributed by atoms with Crippen LogP contribution in [0, 0.1) is 10.1 Å². The van der Waals surface area contributed by atoms with Crippen molar-refractivity contribution in [3.8, 4) is 0 Å². The Morgan fingerprint density at radius 1 is 1.37 bits per heavy atom. The molecule has 0 aliphatic carbocycles. The average molecular weight is 277 g/mol. The Bertz CT molecular complexity index is 631. The first-order valence-corrected chi connectivity index (χ1v) is 4.40. The zero-order valence-corrected chi connectivity index (χ0v) is 8.64. The summed E-state index contributed by atoms with van der Waals surface area (Å²) in [5.41, 5.74) is -1.89. The molecule has 19 heavy (non-hydrogen) atoms. The fraction of sp³-hybridized carbons (Fsp3) is 0.167. The number of aromatic nitrogens is 6. The van der Waals surface area contributed by atoms with Gasteiger partial charge in [0.05, 0.1) is 17.6 Å². The van der Waals surface area contributed by atoms with Gasteiger partial charge in [0.25, 0.3) is 5.69 Å². The van der Waals surface area contributed by atoms with Gasteiger partial charge in [-0.3, -0.25) is 0 Å². The molecular weight excluding hydrogens is 275 g/mol. The van der Waals surface area contributed by atoms with Gasteiger partial charge in [0, 0.05) is 0 Å². The molecule has 2 heterocycles. The number of carbonyl (C=O) groups excluding carboxylic acids is 1. The van der Waals surface area contributed by atoms with Gasteiger partial charge in [-0.1, -0.05) is 5.21 Å². The molecule has 0 atom stereocenters. The molecule has 0 radical (unpaired) electrons. The van der Waals surface area contributed by atoms with Gasteiger partial charge in [0.2, 0.25) is 0 Å². The maximum atomic E-state index is 12.7. The van der Waals surface area contributed by atoms with E-state index in [0.29, 0.717) is 4.68 Å². The van der Waals surface area contributed by atoms with Crippen LogP contribution in [0.5, 0.6) is 0 Å². The van der Waals surface area contributed by atoms with Crippen molar-refractivity contribution >= 4 is 11.8 Å². The normalized spacial score (nSPS) is 11.5. The Hall–Kier alpha value is -2.86. The summed E-state index contributed by atoms with van der Waals surface area (Å²) in [4.78, 5) is 20.7. The van der Waals surface area contributed by atoms with Gasteiger partial charge in [-0.05, 0) is 4.92 Å². The summed E-state index contributed by atoms with van der Waals surface area (Å²) < 4.78 is 38.3. The molecule has 0 aliphatic heterocycles. The Balaban J connectivity index is 2.59. The average Bonchev–Trinajstić information content (AvgIpc) is 2.96. The van der Waals surface area contributed by atoms with E-state index < -0.39 is 28.6 Å². The Morgan fingerprint density at radius 3 is 2.53 bits per heavy atom. The minimum atomic E-state index is -5.18. The van der Waals surface area contributed by atoms with Gasteiger partial charge in [0.15, 0.2) is 0 Å². The lowest BCUT2D eigenvalue weighted by Gasteiger charge is -2.06. The van der Waals surface area contributed by atoms with Gasteiger partial charge < -0.3 is 10.1 Å². The lowest BCUT2D eigenvalue weighted by molar-refractivity contribution is -0.392. The molecule has 0 saturated heterocycles. The first kappa shape index (κ1) is 12.6. The molecule has 100 valence electrons. The Morgan fingerprint density at radius 2 is 2.05 bits per heavy atom. The highest BCUT2D eigenvalue weighted by atomic mass is 19.4. The first-order chi connectivity index (χ1) is 8.82. The molecule has 2 aromatic rings. The van der Waals surface area contributed by atoms with Crippen LogP contribution in [-0.2, 0) is 6.18 Å². The van der Waals surface area contributed by atoms with Crippen molar-refractivity contribution < 1.29 is 22.9 Å². The number of nitrogens with zero attached hydrogens (tertiary/aromatic N) is 7. The predicted octanol–water partition coefficient (Wildman–Crippen LogP) is 0.313. The molecule has 0 fully saturated rings. The summed E-state index contributed by atoms with van der Waals surface area (Å²) >= 11 is 0. The molecule has 2 aromatic heterocycles. The first-order valence-electron chi connectivity index (χ1n) is 4.40. The highest BCUT2D eigenvalue weighted by molar-refractivity contribution is 5.78. The summed E-state index contributed by atoms with van der Waals surface area (Å²) in [6.45, 7) is 0. The second kappa shape index (κ2) is 4.11. The van der Waals surface area contributed by atoms with Crippen LogP contribution in [0.25, 0.3) is 0 Å². The number of carbonyl (C=O) groups is 1. The minimum absolute atomic E-state index is 0.257. The molecule has 0 aliphatic rings. The molecular formula is C6H2F3N7O3. The molecule has 0 unspecified atom stereocenters. The van der Waals surface area contributed by atoms with Gasteiger partial charge in [-0.15, -0.1) is 9.78 Å². The quantitative estimate of drug-likeness (QED) is 0.543. The largest absolute Gasteiger partial charge is 0.442 e.